The lowest BCUT2D eigenvalue weighted by atomic mass is 10.0. The number of hydrogen-bond acceptors (Lipinski definition) is 1. The Labute approximate surface area is 87.3 Å². The van der Waals surface area contributed by atoms with Crippen LogP contribution >= 0.6 is 0 Å². The van der Waals surface area contributed by atoms with Gasteiger partial charge in [-0.25, -0.2) is 0 Å². The molecule has 0 saturated carbocycles. The summed E-state index contributed by atoms with van der Waals surface area (Å²) in [4.78, 5) is 4.03. The molecular weight excluding hydrogens is 203 g/mol. The Morgan fingerprint density at radius 3 is 2.40 bits per heavy atom. The van der Waals surface area contributed by atoms with Crippen molar-refractivity contribution in [1.29, 1.82) is 0 Å². The summed E-state index contributed by atoms with van der Waals surface area (Å²) in [6, 6.07) is 3.18. The Morgan fingerprint density at radius 1 is 1.33 bits per heavy atom. The summed E-state index contributed by atoms with van der Waals surface area (Å²) in [5.74, 6) is 0.296. The lowest BCUT2D eigenvalue weighted by molar-refractivity contribution is -0.127. The monoisotopic (exact) mass is 217 g/mol. The van der Waals surface area contributed by atoms with Gasteiger partial charge in [-0.1, -0.05) is 19.9 Å². The molecule has 0 fully saturated rings. The molecule has 0 aromatic carbocycles. The van der Waals surface area contributed by atoms with Crippen LogP contribution < -0.4 is 0 Å². The predicted molar refractivity (Wildman–Crippen MR) is 52.7 cm³/mol. The molecule has 0 amide bonds. The molecule has 1 nitrogen and oxygen atoms in total. The largest absolute Gasteiger partial charge is 0.393 e. The topological polar surface area (TPSA) is 12.9 Å². The van der Waals surface area contributed by atoms with Crippen molar-refractivity contribution >= 4 is 0 Å². The molecule has 15 heavy (non-hydrogen) atoms. The summed E-state index contributed by atoms with van der Waals surface area (Å²) < 4.78 is 36.1. The molecule has 0 radical (unpaired) electrons. The molecule has 1 unspecified atom stereocenters. The Bertz CT molecular complexity index is 303. The minimum absolute atomic E-state index is 0.217. The van der Waals surface area contributed by atoms with E-state index < -0.39 is 12.6 Å². The van der Waals surface area contributed by atoms with Crippen molar-refractivity contribution < 1.29 is 13.2 Å². The first-order chi connectivity index (χ1) is 6.92. The zero-order valence-electron chi connectivity index (χ0n) is 8.80. The first-order valence-electron chi connectivity index (χ1n) is 4.94. The lowest BCUT2D eigenvalue weighted by Gasteiger charge is -2.09. The van der Waals surface area contributed by atoms with Crippen molar-refractivity contribution in [3.63, 3.8) is 0 Å². The molecule has 0 aliphatic rings. The number of halogens is 3. The fourth-order valence-electron chi connectivity index (χ4n) is 1.27. The summed E-state index contributed by atoms with van der Waals surface area (Å²) in [5, 5.41) is 0. The minimum atomic E-state index is -4.15. The molecule has 0 saturated heterocycles. The van der Waals surface area contributed by atoms with Gasteiger partial charge in [0.15, 0.2) is 0 Å². The third-order valence-electron chi connectivity index (χ3n) is 2.37. The smallest absolute Gasteiger partial charge is 0.261 e. The third-order valence-corrected chi connectivity index (χ3v) is 2.37. The second-order valence-electron chi connectivity index (χ2n) is 3.69. The van der Waals surface area contributed by atoms with Crippen LogP contribution in [-0.2, 0) is 6.42 Å². The highest BCUT2D eigenvalue weighted by atomic mass is 19.4. The zero-order chi connectivity index (χ0) is 11.5. The molecule has 0 aliphatic carbocycles. The fourth-order valence-corrected chi connectivity index (χ4v) is 1.27. The van der Waals surface area contributed by atoms with Crippen molar-refractivity contribution in [3.8, 4) is 0 Å². The quantitative estimate of drug-likeness (QED) is 0.752. The van der Waals surface area contributed by atoms with Gasteiger partial charge in [0, 0.05) is 11.9 Å². The van der Waals surface area contributed by atoms with Gasteiger partial charge in [0.05, 0.1) is 6.42 Å². The summed E-state index contributed by atoms with van der Waals surface area (Å²) in [6.45, 7) is 4.03. The van der Waals surface area contributed by atoms with Gasteiger partial charge in [-0.3, -0.25) is 4.98 Å². The number of aromatic nitrogens is 1. The van der Waals surface area contributed by atoms with Crippen molar-refractivity contribution in [2.45, 2.75) is 38.8 Å². The molecular formula is C11H14F3N. The van der Waals surface area contributed by atoms with Crippen molar-refractivity contribution in [3.05, 3.63) is 29.6 Å². The molecule has 0 aliphatic heterocycles. The van der Waals surface area contributed by atoms with Crippen LogP contribution in [0.2, 0.25) is 0 Å². The molecule has 1 heterocycles. The molecule has 0 spiro atoms. The normalized spacial score (nSPS) is 13.9. The maximum Gasteiger partial charge on any atom is 0.393 e. The van der Waals surface area contributed by atoms with E-state index in [0.717, 1.165) is 12.1 Å². The van der Waals surface area contributed by atoms with Crippen LogP contribution in [0, 0.1) is 0 Å². The summed E-state index contributed by atoms with van der Waals surface area (Å²) >= 11 is 0. The van der Waals surface area contributed by atoms with E-state index in [-0.39, 0.29) is 5.56 Å². The Kier molecular flexibility index (Phi) is 3.72. The number of alkyl halides is 3. The number of hydrogen-bond donors (Lipinski definition) is 0. The number of pyridine rings is 1. The standard InChI is InChI=1S/C11H14F3N/c1-3-8(2)10-5-4-9(7-15-10)6-11(12,13)14/h4-5,7-8H,3,6H2,1-2H3. The zero-order valence-corrected chi connectivity index (χ0v) is 8.80. The number of rotatable bonds is 3. The van der Waals surface area contributed by atoms with E-state index in [2.05, 4.69) is 4.98 Å². The molecule has 4 heteroatoms. The maximum atomic E-state index is 12.0. The highest BCUT2D eigenvalue weighted by Crippen LogP contribution is 2.22. The van der Waals surface area contributed by atoms with Gasteiger partial charge < -0.3 is 0 Å². The SMILES string of the molecule is CCC(C)c1ccc(CC(F)(F)F)cn1. The van der Waals surface area contributed by atoms with E-state index in [0.29, 0.717) is 5.92 Å². The van der Waals surface area contributed by atoms with Gasteiger partial charge in [-0.05, 0) is 24.0 Å². The minimum Gasteiger partial charge on any atom is -0.261 e. The molecule has 1 aromatic heterocycles. The average Bonchev–Trinajstić information content (AvgIpc) is 2.15. The second-order valence-corrected chi connectivity index (χ2v) is 3.69. The van der Waals surface area contributed by atoms with E-state index in [9.17, 15) is 13.2 Å². The predicted octanol–water partition coefficient (Wildman–Crippen LogP) is 3.70. The first-order valence-corrected chi connectivity index (χ1v) is 4.94. The Balaban J connectivity index is 2.72. The number of nitrogens with zero attached hydrogens (tertiary/aromatic N) is 1. The van der Waals surface area contributed by atoms with E-state index >= 15 is 0 Å². The van der Waals surface area contributed by atoms with Gasteiger partial charge in [0.2, 0.25) is 0 Å². The molecule has 84 valence electrons. The van der Waals surface area contributed by atoms with Crippen LogP contribution in [0.25, 0.3) is 0 Å². The van der Waals surface area contributed by atoms with Crippen LogP contribution in [0.4, 0.5) is 13.2 Å². The van der Waals surface area contributed by atoms with Crippen LogP contribution in [0.15, 0.2) is 18.3 Å². The van der Waals surface area contributed by atoms with Crippen LogP contribution in [0.3, 0.4) is 0 Å². The van der Waals surface area contributed by atoms with Gasteiger partial charge in [-0.15, -0.1) is 0 Å². The molecule has 0 bridgehead atoms. The first kappa shape index (κ1) is 12.0. The van der Waals surface area contributed by atoms with Crippen molar-refractivity contribution in [2.75, 3.05) is 0 Å². The van der Waals surface area contributed by atoms with Gasteiger partial charge in [-0.2, -0.15) is 13.2 Å². The molecule has 1 rings (SSSR count). The summed E-state index contributed by atoms with van der Waals surface area (Å²) in [7, 11) is 0. The van der Waals surface area contributed by atoms with Gasteiger partial charge in [0.25, 0.3) is 0 Å². The Hall–Kier alpha value is -1.06. The molecule has 1 atom stereocenters. The van der Waals surface area contributed by atoms with Crippen LogP contribution in [0.5, 0.6) is 0 Å². The van der Waals surface area contributed by atoms with E-state index in [4.69, 9.17) is 0 Å². The highest BCUT2D eigenvalue weighted by Gasteiger charge is 2.27. The third kappa shape index (κ3) is 3.90. The van der Waals surface area contributed by atoms with Gasteiger partial charge in [0.1, 0.15) is 0 Å². The molecule has 0 N–H and O–H groups in total. The lowest BCUT2D eigenvalue weighted by Crippen LogP contribution is -2.11. The van der Waals surface area contributed by atoms with E-state index in [1.165, 1.54) is 12.3 Å². The second kappa shape index (κ2) is 4.64. The maximum absolute atomic E-state index is 12.0. The average molecular weight is 217 g/mol. The van der Waals surface area contributed by atoms with Crippen LogP contribution in [-0.4, -0.2) is 11.2 Å². The molecule has 1 aromatic rings. The van der Waals surface area contributed by atoms with Crippen molar-refractivity contribution in [1.82, 2.24) is 4.98 Å². The summed E-state index contributed by atoms with van der Waals surface area (Å²) in [5.41, 5.74) is 1.07. The van der Waals surface area contributed by atoms with E-state index in [1.54, 1.807) is 6.07 Å². The fraction of sp³-hybridized carbons (Fsp3) is 0.545. The van der Waals surface area contributed by atoms with Crippen molar-refractivity contribution in [2.24, 2.45) is 0 Å². The summed E-state index contributed by atoms with van der Waals surface area (Å²) in [6.07, 6.45) is -2.80. The highest BCUT2D eigenvalue weighted by molar-refractivity contribution is 5.17. The van der Waals surface area contributed by atoms with E-state index in [1.807, 2.05) is 13.8 Å². The van der Waals surface area contributed by atoms with Crippen LogP contribution in [0.1, 0.15) is 37.4 Å². The van der Waals surface area contributed by atoms with Gasteiger partial charge >= 0.3 is 6.18 Å². The Morgan fingerprint density at radius 2 is 2.00 bits per heavy atom.